The first kappa shape index (κ1) is 13.6. The largest absolute Gasteiger partial charge is 0.399 e. The summed E-state index contributed by atoms with van der Waals surface area (Å²) in [6, 6.07) is 14.2. The molecule has 3 nitrogen and oxygen atoms in total. The molecule has 0 amide bonds. The minimum atomic E-state index is 0.847. The van der Waals surface area contributed by atoms with Crippen molar-refractivity contribution in [1.29, 1.82) is 0 Å². The summed E-state index contributed by atoms with van der Waals surface area (Å²) in [5.74, 6) is 0. The Morgan fingerprint density at radius 3 is 2.79 bits per heavy atom. The molecule has 100 valence electrons. The van der Waals surface area contributed by atoms with E-state index in [0.717, 1.165) is 37.3 Å². The zero-order valence-electron chi connectivity index (χ0n) is 11.4. The van der Waals surface area contributed by atoms with Crippen molar-refractivity contribution in [2.75, 3.05) is 19.3 Å². The Morgan fingerprint density at radius 1 is 1.16 bits per heavy atom. The lowest BCUT2D eigenvalue weighted by atomic mass is 10.1. The molecular formula is C16H21N3. The quantitative estimate of drug-likeness (QED) is 0.807. The first-order valence-corrected chi connectivity index (χ1v) is 6.67. The highest BCUT2D eigenvalue weighted by atomic mass is 15.1. The fraction of sp³-hybridized carbons (Fsp3) is 0.312. The zero-order valence-corrected chi connectivity index (χ0v) is 11.4. The number of hydrogen-bond acceptors (Lipinski definition) is 3. The average molecular weight is 255 g/mol. The summed E-state index contributed by atoms with van der Waals surface area (Å²) in [4.78, 5) is 6.64. The molecule has 0 aliphatic carbocycles. The molecule has 0 saturated heterocycles. The van der Waals surface area contributed by atoms with Crippen molar-refractivity contribution < 1.29 is 0 Å². The first-order chi connectivity index (χ1) is 9.24. The molecule has 1 aromatic carbocycles. The van der Waals surface area contributed by atoms with Gasteiger partial charge in [0.15, 0.2) is 0 Å². The van der Waals surface area contributed by atoms with Crippen molar-refractivity contribution in [3.63, 3.8) is 0 Å². The normalized spacial score (nSPS) is 10.8. The summed E-state index contributed by atoms with van der Waals surface area (Å²) in [7, 11) is 2.13. The van der Waals surface area contributed by atoms with E-state index in [0.29, 0.717) is 0 Å². The summed E-state index contributed by atoms with van der Waals surface area (Å²) in [6.45, 7) is 1.96. The molecule has 0 bridgehead atoms. The van der Waals surface area contributed by atoms with Crippen molar-refractivity contribution >= 4 is 5.69 Å². The van der Waals surface area contributed by atoms with Crippen molar-refractivity contribution in [2.24, 2.45) is 0 Å². The zero-order chi connectivity index (χ0) is 13.5. The lowest BCUT2D eigenvalue weighted by Crippen LogP contribution is -2.20. The van der Waals surface area contributed by atoms with Crippen molar-refractivity contribution in [1.82, 2.24) is 9.88 Å². The van der Waals surface area contributed by atoms with Crippen LogP contribution in [0.2, 0.25) is 0 Å². The number of anilines is 1. The van der Waals surface area contributed by atoms with E-state index in [-0.39, 0.29) is 0 Å². The van der Waals surface area contributed by atoms with Crippen molar-refractivity contribution in [3.8, 4) is 0 Å². The van der Waals surface area contributed by atoms with Crippen LogP contribution in [0, 0.1) is 0 Å². The van der Waals surface area contributed by atoms with Gasteiger partial charge >= 0.3 is 0 Å². The van der Waals surface area contributed by atoms with E-state index in [1.165, 1.54) is 5.56 Å². The fourth-order valence-corrected chi connectivity index (χ4v) is 2.15. The summed E-state index contributed by atoms with van der Waals surface area (Å²) in [5, 5.41) is 0. The molecule has 0 radical (unpaired) electrons. The van der Waals surface area contributed by atoms with Gasteiger partial charge in [0.2, 0.25) is 0 Å². The van der Waals surface area contributed by atoms with E-state index in [1.54, 1.807) is 0 Å². The van der Waals surface area contributed by atoms with Crippen LogP contribution in [0.5, 0.6) is 0 Å². The summed E-state index contributed by atoms with van der Waals surface area (Å²) in [5.41, 5.74) is 9.05. The molecule has 0 aliphatic rings. The maximum Gasteiger partial charge on any atom is 0.0543 e. The molecule has 0 spiro atoms. The predicted molar refractivity (Wildman–Crippen MR) is 79.7 cm³/mol. The number of pyridine rings is 1. The lowest BCUT2D eigenvalue weighted by molar-refractivity contribution is 0.318. The highest BCUT2D eigenvalue weighted by Crippen LogP contribution is 2.09. The SMILES string of the molecule is CN(CCCc1cccc(N)c1)Cc1ccccn1. The van der Waals surface area contributed by atoms with Gasteiger partial charge in [-0.1, -0.05) is 18.2 Å². The number of benzene rings is 1. The molecule has 2 N–H and O–H groups in total. The molecule has 0 saturated carbocycles. The number of hydrogen-bond donors (Lipinski definition) is 1. The van der Waals surface area contributed by atoms with Crippen LogP contribution in [0.4, 0.5) is 5.69 Å². The number of aromatic nitrogens is 1. The lowest BCUT2D eigenvalue weighted by Gasteiger charge is -2.15. The first-order valence-electron chi connectivity index (χ1n) is 6.67. The van der Waals surface area contributed by atoms with Crippen molar-refractivity contribution in [3.05, 3.63) is 59.9 Å². The van der Waals surface area contributed by atoms with Gasteiger partial charge in [0.1, 0.15) is 0 Å². The maximum absolute atomic E-state index is 5.77. The van der Waals surface area contributed by atoms with Crippen LogP contribution < -0.4 is 5.73 Å². The number of aryl methyl sites for hydroxylation is 1. The maximum atomic E-state index is 5.77. The smallest absolute Gasteiger partial charge is 0.0543 e. The van der Waals surface area contributed by atoms with Gasteiger partial charge in [0.25, 0.3) is 0 Å². The van der Waals surface area contributed by atoms with Crippen LogP contribution in [0.25, 0.3) is 0 Å². The Balaban J connectivity index is 1.73. The molecule has 0 fully saturated rings. The molecular weight excluding hydrogens is 234 g/mol. The van der Waals surface area contributed by atoms with Crippen LogP contribution in [0.15, 0.2) is 48.7 Å². The number of nitrogens with zero attached hydrogens (tertiary/aromatic N) is 2. The minimum Gasteiger partial charge on any atom is -0.399 e. The Bertz CT molecular complexity index is 496. The molecule has 1 aromatic heterocycles. The molecule has 2 rings (SSSR count). The molecule has 3 heteroatoms. The van der Waals surface area contributed by atoms with Gasteiger partial charge < -0.3 is 10.6 Å². The highest BCUT2D eigenvalue weighted by molar-refractivity contribution is 5.40. The Hall–Kier alpha value is -1.87. The average Bonchev–Trinajstić information content (AvgIpc) is 2.40. The minimum absolute atomic E-state index is 0.847. The van der Waals surface area contributed by atoms with Crippen LogP contribution in [0.1, 0.15) is 17.7 Å². The number of nitrogen functional groups attached to an aromatic ring is 1. The monoisotopic (exact) mass is 255 g/mol. The molecule has 0 unspecified atom stereocenters. The molecule has 1 heterocycles. The van der Waals surface area contributed by atoms with Gasteiger partial charge in [-0.05, 0) is 56.3 Å². The Labute approximate surface area is 115 Å². The van der Waals surface area contributed by atoms with E-state index >= 15 is 0 Å². The molecule has 0 aliphatic heterocycles. The third-order valence-electron chi connectivity index (χ3n) is 3.11. The van der Waals surface area contributed by atoms with E-state index in [1.807, 2.05) is 30.5 Å². The Kier molecular flexibility index (Phi) is 4.93. The van der Waals surface area contributed by atoms with Crippen molar-refractivity contribution in [2.45, 2.75) is 19.4 Å². The van der Waals surface area contributed by atoms with E-state index < -0.39 is 0 Å². The van der Waals surface area contributed by atoms with Gasteiger partial charge in [-0.15, -0.1) is 0 Å². The third kappa shape index (κ3) is 4.72. The topological polar surface area (TPSA) is 42.1 Å². The Morgan fingerprint density at radius 2 is 2.05 bits per heavy atom. The fourth-order valence-electron chi connectivity index (χ4n) is 2.15. The van der Waals surface area contributed by atoms with Gasteiger partial charge in [0.05, 0.1) is 5.69 Å². The van der Waals surface area contributed by atoms with Gasteiger partial charge in [0, 0.05) is 18.4 Å². The standard InChI is InChI=1S/C16H21N3/c1-19(13-16-9-2-3-10-18-16)11-5-7-14-6-4-8-15(17)12-14/h2-4,6,8-10,12H,5,7,11,13,17H2,1H3. The van der Waals surface area contributed by atoms with Gasteiger partial charge in [-0.3, -0.25) is 4.98 Å². The summed E-state index contributed by atoms with van der Waals surface area (Å²) < 4.78 is 0. The molecule has 0 atom stereocenters. The van der Waals surface area contributed by atoms with Crippen LogP contribution >= 0.6 is 0 Å². The second kappa shape index (κ2) is 6.90. The van der Waals surface area contributed by atoms with Crippen LogP contribution in [-0.2, 0) is 13.0 Å². The van der Waals surface area contributed by atoms with Gasteiger partial charge in [-0.2, -0.15) is 0 Å². The predicted octanol–water partition coefficient (Wildman–Crippen LogP) is 2.73. The summed E-state index contributed by atoms with van der Waals surface area (Å²) >= 11 is 0. The van der Waals surface area contributed by atoms with E-state index in [2.05, 4.69) is 35.1 Å². The molecule has 2 aromatic rings. The molecule has 19 heavy (non-hydrogen) atoms. The number of nitrogens with two attached hydrogens (primary N) is 1. The summed E-state index contributed by atoms with van der Waals surface area (Å²) in [6.07, 6.45) is 4.04. The highest BCUT2D eigenvalue weighted by Gasteiger charge is 2.01. The van der Waals surface area contributed by atoms with Crippen LogP contribution in [-0.4, -0.2) is 23.5 Å². The second-order valence-electron chi connectivity index (χ2n) is 4.91. The third-order valence-corrected chi connectivity index (χ3v) is 3.11. The van der Waals surface area contributed by atoms with E-state index in [4.69, 9.17) is 5.73 Å². The number of rotatable bonds is 6. The van der Waals surface area contributed by atoms with E-state index in [9.17, 15) is 0 Å². The van der Waals surface area contributed by atoms with Gasteiger partial charge in [-0.25, -0.2) is 0 Å². The second-order valence-corrected chi connectivity index (χ2v) is 4.91. The van der Waals surface area contributed by atoms with Crippen LogP contribution in [0.3, 0.4) is 0 Å².